The molecule has 3 heterocycles. The second-order valence-electron chi connectivity index (χ2n) is 6.00. The number of benzene rings is 1. The summed E-state index contributed by atoms with van der Waals surface area (Å²) < 4.78 is 3.72. The second kappa shape index (κ2) is 6.59. The molecule has 4 aromatic rings. The molecule has 1 amide bonds. The van der Waals surface area contributed by atoms with Crippen LogP contribution in [0.4, 0.5) is 0 Å². The first-order valence-corrected chi connectivity index (χ1v) is 9.23. The van der Waals surface area contributed by atoms with Crippen LogP contribution in [0.15, 0.2) is 48.2 Å². The molecule has 0 aliphatic heterocycles. The summed E-state index contributed by atoms with van der Waals surface area (Å²) >= 11 is 7.70. The zero-order chi connectivity index (χ0) is 18.3. The maximum Gasteiger partial charge on any atom is 0.271 e. The largest absolute Gasteiger partial charge is 0.337 e. The van der Waals surface area contributed by atoms with E-state index in [0.717, 1.165) is 22.0 Å². The molecular formula is C18H16ClN5OS. The predicted octanol–water partition coefficient (Wildman–Crippen LogP) is 3.72. The Morgan fingerprint density at radius 1 is 1.35 bits per heavy atom. The van der Waals surface area contributed by atoms with Crippen LogP contribution in [0.5, 0.6) is 0 Å². The molecule has 0 bridgehead atoms. The monoisotopic (exact) mass is 385 g/mol. The molecule has 1 aromatic carbocycles. The van der Waals surface area contributed by atoms with Gasteiger partial charge in [0.1, 0.15) is 11.5 Å². The van der Waals surface area contributed by atoms with Crippen molar-refractivity contribution < 1.29 is 4.79 Å². The molecule has 4 rings (SSSR count). The number of fused-ring (bicyclic) bond motifs is 1. The van der Waals surface area contributed by atoms with E-state index in [2.05, 4.69) is 9.97 Å². The standard InChI is InChI=1S/C18H16ClN5OS/c1-22-8-7-20-16(22)10-23(2)17(25)15-11-26-18-21-14(9-24(15)18)12-5-3-4-6-13(12)19/h3-9,11H,10H2,1-2H3. The van der Waals surface area contributed by atoms with Gasteiger partial charge in [-0.2, -0.15) is 0 Å². The van der Waals surface area contributed by atoms with Gasteiger partial charge < -0.3 is 9.47 Å². The Bertz CT molecular complexity index is 1100. The summed E-state index contributed by atoms with van der Waals surface area (Å²) in [6.45, 7) is 0.436. The summed E-state index contributed by atoms with van der Waals surface area (Å²) in [5.41, 5.74) is 2.18. The highest BCUT2D eigenvalue weighted by atomic mass is 35.5. The number of rotatable bonds is 4. The third kappa shape index (κ3) is 2.89. The SMILES string of the molecule is CN(Cc1nccn1C)C(=O)c1csc2nc(-c3ccccc3Cl)cn12. The molecule has 0 saturated carbocycles. The first kappa shape index (κ1) is 16.8. The predicted molar refractivity (Wildman–Crippen MR) is 103 cm³/mol. The molecule has 0 N–H and O–H groups in total. The van der Waals surface area contributed by atoms with Gasteiger partial charge in [-0.05, 0) is 6.07 Å². The van der Waals surface area contributed by atoms with Gasteiger partial charge in [-0.25, -0.2) is 9.97 Å². The summed E-state index contributed by atoms with van der Waals surface area (Å²) in [6, 6.07) is 7.55. The Morgan fingerprint density at radius 3 is 2.88 bits per heavy atom. The van der Waals surface area contributed by atoms with Crippen LogP contribution in [-0.2, 0) is 13.6 Å². The Balaban J connectivity index is 1.65. The number of thiazole rings is 1. The lowest BCUT2D eigenvalue weighted by molar-refractivity contribution is 0.0774. The topological polar surface area (TPSA) is 55.4 Å². The summed E-state index contributed by atoms with van der Waals surface area (Å²) in [5, 5.41) is 2.47. The van der Waals surface area contributed by atoms with Gasteiger partial charge in [0.05, 0.1) is 17.3 Å². The number of hydrogen-bond donors (Lipinski definition) is 0. The van der Waals surface area contributed by atoms with Gasteiger partial charge in [0.25, 0.3) is 5.91 Å². The van der Waals surface area contributed by atoms with Crippen LogP contribution in [-0.4, -0.2) is 36.8 Å². The van der Waals surface area contributed by atoms with Crippen molar-refractivity contribution in [3.05, 3.63) is 64.8 Å². The van der Waals surface area contributed by atoms with Gasteiger partial charge in [0, 0.05) is 43.6 Å². The highest BCUT2D eigenvalue weighted by molar-refractivity contribution is 7.15. The van der Waals surface area contributed by atoms with Gasteiger partial charge in [0.15, 0.2) is 4.96 Å². The fourth-order valence-corrected chi connectivity index (χ4v) is 3.84. The van der Waals surface area contributed by atoms with Gasteiger partial charge in [0.2, 0.25) is 0 Å². The van der Waals surface area contributed by atoms with Crippen LogP contribution in [0.1, 0.15) is 16.3 Å². The average molecular weight is 386 g/mol. The minimum absolute atomic E-state index is 0.0811. The van der Waals surface area contributed by atoms with E-state index in [9.17, 15) is 4.79 Å². The Kier molecular flexibility index (Phi) is 4.26. The van der Waals surface area contributed by atoms with Crippen LogP contribution in [0.25, 0.3) is 16.2 Å². The Morgan fingerprint density at radius 2 is 2.15 bits per heavy atom. The zero-order valence-corrected chi connectivity index (χ0v) is 15.8. The van der Waals surface area contributed by atoms with Gasteiger partial charge in [-0.1, -0.05) is 29.8 Å². The van der Waals surface area contributed by atoms with Gasteiger partial charge >= 0.3 is 0 Å². The molecule has 8 heteroatoms. The van der Waals surface area contributed by atoms with Crippen molar-refractivity contribution in [1.82, 2.24) is 23.8 Å². The van der Waals surface area contributed by atoms with E-state index >= 15 is 0 Å². The number of nitrogens with zero attached hydrogens (tertiary/aromatic N) is 5. The van der Waals surface area contributed by atoms with Gasteiger partial charge in [-0.3, -0.25) is 9.20 Å². The maximum absolute atomic E-state index is 12.9. The third-order valence-corrected chi connectivity index (χ3v) is 5.39. The number of halogens is 1. The van der Waals surface area contributed by atoms with Crippen molar-refractivity contribution >= 4 is 33.8 Å². The highest BCUT2D eigenvalue weighted by Crippen LogP contribution is 2.29. The Labute approximate surface area is 159 Å². The molecule has 0 fully saturated rings. The molecule has 6 nitrogen and oxygen atoms in total. The first-order chi connectivity index (χ1) is 12.5. The number of aromatic nitrogens is 4. The lowest BCUT2D eigenvalue weighted by Gasteiger charge is -2.16. The first-order valence-electron chi connectivity index (χ1n) is 7.98. The summed E-state index contributed by atoms with van der Waals surface area (Å²) in [6.07, 6.45) is 5.44. The smallest absolute Gasteiger partial charge is 0.271 e. The second-order valence-corrected chi connectivity index (χ2v) is 7.24. The van der Waals surface area contributed by atoms with Crippen molar-refractivity contribution in [2.45, 2.75) is 6.54 Å². The normalized spacial score (nSPS) is 11.2. The van der Waals surface area contributed by atoms with E-state index in [1.54, 1.807) is 18.1 Å². The quantitative estimate of drug-likeness (QED) is 0.538. The van der Waals surface area contributed by atoms with E-state index < -0.39 is 0 Å². The van der Waals surface area contributed by atoms with Crippen LogP contribution in [0.2, 0.25) is 5.02 Å². The van der Waals surface area contributed by atoms with Crippen molar-refractivity contribution in [2.24, 2.45) is 7.05 Å². The lowest BCUT2D eigenvalue weighted by Crippen LogP contribution is -2.28. The minimum atomic E-state index is -0.0811. The molecule has 0 atom stereocenters. The fourth-order valence-electron chi connectivity index (χ4n) is 2.76. The minimum Gasteiger partial charge on any atom is -0.337 e. The van der Waals surface area contributed by atoms with Crippen molar-refractivity contribution in [3.8, 4) is 11.3 Å². The van der Waals surface area contributed by atoms with E-state index in [-0.39, 0.29) is 5.91 Å². The third-order valence-electron chi connectivity index (χ3n) is 4.22. The zero-order valence-electron chi connectivity index (χ0n) is 14.3. The van der Waals surface area contributed by atoms with E-state index in [0.29, 0.717) is 17.3 Å². The number of imidazole rings is 2. The van der Waals surface area contributed by atoms with E-state index in [4.69, 9.17) is 11.6 Å². The molecule has 0 saturated heterocycles. The van der Waals surface area contributed by atoms with E-state index in [1.165, 1.54) is 11.3 Å². The number of aryl methyl sites for hydroxylation is 1. The number of amides is 1. The summed E-state index contributed by atoms with van der Waals surface area (Å²) in [5.74, 6) is 0.747. The van der Waals surface area contributed by atoms with E-state index in [1.807, 2.05) is 58.1 Å². The molecule has 26 heavy (non-hydrogen) atoms. The summed E-state index contributed by atoms with van der Waals surface area (Å²) in [7, 11) is 3.68. The fraction of sp³-hybridized carbons (Fsp3) is 0.167. The van der Waals surface area contributed by atoms with Crippen LogP contribution in [0.3, 0.4) is 0 Å². The summed E-state index contributed by atoms with van der Waals surface area (Å²) in [4.78, 5) is 24.2. The molecule has 0 aliphatic rings. The molecule has 0 spiro atoms. The molecule has 132 valence electrons. The number of hydrogen-bond acceptors (Lipinski definition) is 4. The van der Waals surface area contributed by atoms with Crippen molar-refractivity contribution in [1.29, 1.82) is 0 Å². The average Bonchev–Trinajstić information content (AvgIpc) is 3.31. The van der Waals surface area contributed by atoms with Crippen molar-refractivity contribution in [3.63, 3.8) is 0 Å². The van der Waals surface area contributed by atoms with Crippen LogP contribution < -0.4 is 0 Å². The highest BCUT2D eigenvalue weighted by Gasteiger charge is 2.20. The molecule has 0 aliphatic carbocycles. The molecule has 0 unspecified atom stereocenters. The Hall–Kier alpha value is -2.64. The van der Waals surface area contributed by atoms with Crippen LogP contribution >= 0.6 is 22.9 Å². The molecule has 0 radical (unpaired) electrons. The lowest BCUT2D eigenvalue weighted by atomic mass is 10.2. The van der Waals surface area contributed by atoms with Gasteiger partial charge in [-0.15, -0.1) is 11.3 Å². The number of carbonyl (C=O) groups is 1. The van der Waals surface area contributed by atoms with Crippen molar-refractivity contribution in [2.75, 3.05) is 7.05 Å². The maximum atomic E-state index is 12.9. The molecular weight excluding hydrogens is 370 g/mol. The molecule has 3 aromatic heterocycles. The number of carbonyl (C=O) groups excluding carboxylic acids is 1. The van der Waals surface area contributed by atoms with Crippen LogP contribution in [0, 0.1) is 0 Å².